The van der Waals surface area contributed by atoms with Crippen molar-refractivity contribution >= 4 is 41.2 Å². The Morgan fingerprint density at radius 2 is 1.66 bits per heavy atom. The number of carbonyl (C=O) groups is 7. The molecule has 2 aliphatic heterocycles. The zero-order chi connectivity index (χ0) is 41.6. The molecule has 15 heteroatoms. The monoisotopic (exact) mass is 802 g/mol. The van der Waals surface area contributed by atoms with Gasteiger partial charge in [0, 0.05) is 33.7 Å². The van der Waals surface area contributed by atoms with Crippen LogP contribution >= 0.6 is 0 Å². The number of Topliss-reactive ketones (excluding diaryl/α,β-unsaturated/α-hetero) is 1. The van der Waals surface area contributed by atoms with Gasteiger partial charge in [0.05, 0.1) is 31.7 Å². The Labute approximate surface area is 340 Å². The van der Waals surface area contributed by atoms with Crippen LogP contribution in [0.15, 0.2) is 54.6 Å². The molecule has 5 atom stereocenters. The summed E-state index contributed by atoms with van der Waals surface area (Å²) in [6.07, 6.45) is 6.09. The Morgan fingerprint density at radius 3 is 2.38 bits per heavy atom. The predicted octanol–water partition coefficient (Wildman–Crippen LogP) is 2.37. The van der Waals surface area contributed by atoms with Gasteiger partial charge in [0.25, 0.3) is 5.91 Å². The number of hydrogen-bond acceptors (Lipinski definition) is 9. The smallest absolute Gasteiger partial charge is 0.290 e. The van der Waals surface area contributed by atoms with Crippen LogP contribution in [0.5, 0.6) is 5.75 Å². The highest BCUT2D eigenvalue weighted by Crippen LogP contribution is 2.30. The molecule has 1 unspecified atom stereocenters. The summed E-state index contributed by atoms with van der Waals surface area (Å²) in [5.41, 5.74) is 1.30. The summed E-state index contributed by atoms with van der Waals surface area (Å²) >= 11 is 0. The Hall–Kier alpha value is -5.31. The average Bonchev–Trinajstić information content (AvgIpc) is 3.66. The number of ether oxygens (including phenoxy) is 2. The van der Waals surface area contributed by atoms with Crippen LogP contribution < -0.4 is 26.0 Å². The van der Waals surface area contributed by atoms with Gasteiger partial charge < -0.3 is 40.5 Å². The Morgan fingerprint density at radius 1 is 0.914 bits per heavy atom. The number of fused-ring (bicyclic) bond motifs is 4. The second kappa shape index (κ2) is 21.4. The number of likely N-dealkylation sites (N-methyl/N-ethyl adjacent to an activating group) is 1. The molecule has 6 amide bonds. The van der Waals surface area contributed by atoms with Crippen molar-refractivity contribution in [3.8, 4) is 5.75 Å². The van der Waals surface area contributed by atoms with E-state index < -0.39 is 60.3 Å². The van der Waals surface area contributed by atoms with Gasteiger partial charge in [-0.2, -0.15) is 0 Å². The van der Waals surface area contributed by atoms with Gasteiger partial charge in [0.2, 0.25) is 35.3 Å². The van der Waals surface area contributed by atoms with Crippen molar-refractivity contribution in [3.63, 3.8) is 0 Å². The van der Waals surface area contributed by atoms with Crippen molar-refractivity contribution in [1.29, 1.82) is 0 Å². The standard InChI is InChI=1S/C43H58N6O9/c1-4-14-33(39(52)41(54)44-26-36(51)47-37(42(55)48(2)3)29-16-7-5-8-17-29)45-40(53)34-25-32-27-49(34)43(56)38(30-18-9-6-10-19-30)46-35(50)24-28-15-13-20-31(23-28)57-21-11-12-22-58-32/h5,7-8,13,15-17,20,23,30,32-34,37-38H,4,6,9-12,14,18-19,21-22,24-27H2,1-3H3,(H,44,54)(H,45,53)(H,46,50)(H,47,51)/t32-,33+,34?,37+,38+/m1/s1. The minimum absolute atomic E-state index is 0.0513. The summed E-state index contributed by atoms with van der Waals surface area (Å²) in [6.45, 7) is 2.18. The van der Waals surface area contributed by atoms with E-state index in [4.69, 9.17) is 9.47 Å². The van der Waals surface area contributed by atoms with Crippen LogP contribution in [0, 0.1) is 5.92 Å². The Balaban J connectivity index is 1.29. The van der Waals surface area contributed by atoms with E-state index in [-0.39, 0.29) is 49.4 Å². The highest BCUT2D eigenvalue weighted by Gasteiger charge is 2.45. The first-order valence-electron chi connectivity index (χ1n) is 20.6. The van der Waals surface area contributed by atoms with E-state index in [0.29, 0.717) is 43.8 Å². The van der Waals surface area contributed by atoms with Gasteiger partial charge in [-0.05, 0) is 61.3 Å². The minimum Gasteiger partial charge on any atom is -0.494 e. The summed E-state index contributed by atoms with van der Waals surface area (Å²) < 4.78 is 12.1. The van der Waals surface area contributed by atoms with Gasteiger partial charge in [0.15, 0.2) is 0 Å². The number of benzene rings is 2. The SMILES string of the molecule is CCC[C@H](NC(=O)C1C[C@@H]2CN1C(=O)[C@H](C1CCCCC1)NC(=O)Cc1cccc(c1)OCCCCO2)C(=O)C(=O)NCC(=O)N[C@H](C(=O)N(C)C)c1ccccc1. The maximum atomic E-state index is 14.6. The van der Waals surface area contributed by atoms with Crippen LogP contribution in [0.3, 0.4) is 0 Å². The van der Waals surface area contributed by atoms with Crippen molar-refractivity contribution in [2.24, 2.45) is 5.92 Å². The van der Waals surface area contributed by atoms with Gasteiger partial charge in [-0.3, -0.25) is 33.6 Å². The normalized spacial score (nSPS) is 21.6. The first kappa shape index (κ1) is 43.8. The average molecular weight is 803 g/mol. The zero-order valence-electron chi connectivity index (χ0n) is 33.8. The van der Waals surface area contributed by atoms with Gasteiger partial charge in [-0.1, -0.05) is 75.1 Å². The van der Waals surface area contributed by atoms with Crippen LogP contribution in [0.25, 0.3) is 0 Å². The summed E-state index contributed by atoms with van der Waals surface area (Å²) in [7, 11) is 3.12. The number of rotatable bonds is 12. The molecule has 0 radical (unpaired) electrons. The second-order valence-corrected chi connectivity index (χ2v) is 15.6. The number of nitrogens with zero attached hydrogens (tertiary/aromatic N) is 2. The number of carbonyl (C=O) groups excluding carboxylic acids is 7. The molecule has 1 aliphatic carbocycles. The fraction of sp³-hybridized carbons (Fsp3) is 0.558. The first-order valence-corrected chi connectivity index (χ1v) is 20.6. The topological polar surface area (TPSA) is 193 Å². The molecule has 0 spiro atoms. The number of ketones is 1. The fourth-order valence-electron chi connectivity index (χ4n) is 7.87. The Kier molecular flexibility index (Phi) is 16.2. The molecule has 2 fully saturated rings. The molecular weight excluding hydrogens is 745 g/mol. The van der Waals surface area contributed by atoms with E-state index in [0.717, 1.165) is 37.7 Å². The van der Waals surface area contributed by atoms with E-state index in [1.807, 2.05) is 24.3 Å². The molecular formula is C43H58N6O9. The van der Waals surface area contributed by atoms with Crippen LogP contribution in [-0.2, 0) is 44.7 Å². The Bertz CT molecular complexity index is 1770. The maximum Gasteiger partial charge on any atom is 0.290 e. The summed E-state index contributed by atoms with van der Waals surface area (Å²) in [5, 5.41) is 10.7. The fourth-order valence-corrected chi connectivity index (χ4v) is 7.87. The summed E-state index contributed by atoms with van der Waals surface area (Å²) in [6, 6.07) is 11.9. The minimum atomic E-state index is -1.24. The van der Waals surface area contributed by atoms with Crippen LogP contribution in [0.4, 0.5) is 0 Å². The molecule has 2 heterocycles. The molecule has 0 aromatic heterocycles. The third-order valence-corrected chi connectivity index (χ3v) is 10.9. The van der Waals surface area contributed by atoms with E-state index >= 15 is 0 Å². The lowest BCUT2D eigenvalue weighted by molar-refractivity contribution is -0.144. The van der Waals surface area contributed by atoms with E-state index in [1.54, 1.807) is 51.4 Å². The molecule has 1 saturated carbocycles. The van der Waals surface area contributed by atoms with E-state index in [2.05, 4.69) is 21.3 Å². The zero-order valence-corrected chi connectivity index (χ0v) is 33.8. The molecule has 314 valence electrons. The second-order valence-electron chi connectivity index (χ2n) is 15.6. The molecule has 2 aromatic carbocycles. The van der Waals surface area contributed by atoms with Crippen LogP contribution in [-0.4, -0.2) is 116 Å². The predicted molar refractivity (Wildman–Crippen MR) is 214 cm³/mol. The van der Waals surface area contributed by atoms with Gasteiger partial charge in [-0.15, -0.1) is 0 Å². The molecule has 4 bridgehead atoms. The summed E-state index contributed by atoms with van der Waals surface area (Å²) in [4.78, 5) is 97.6. The molecule has 4 N–H and O–H groups in total. The van der Waals surface area contributed by atoms with Crippen molar-refractivity contribution in [2.45, 2.75) is 108 Å². The van der Waals surface area contributed by atoms with Crippen molar-refractivity contribution < 1.29 is 43.0 Å². The summed E-state index contributed by atoms with van der Waals surface area (Å²) in [5.74, 6) is -3.85. The first-order chi connectivity index (χ1) is 27.9. The number of nitrogens with one attached hydrogen (secondary N) is 4. The quantitative estimate of drug-likeness (QED) is 0.234. The van der Waals surface area contributed by atoms with Gasteiger partial charge in [-0.25, -0.2) is 0 Å². The molecule has 3 aliphatic rings. The molecule has 2 aromatic rings. The highest BCUT2D eigenvalue weighted by molar-refractivity contribution is 6.38. The lowest BCUT2D eigenvalue weighted by atomic mass is 9.83. The van der Waals surface area contributed by atoms with E-state index in [1.165, 1.54) is 9.80 Å². The molecule has 5 rings (SSSR count). The lowest BCUT2D eigenvalue weighted by Crippen LogP contribution is -2.58. The van der Waals surface area contributed by atoms with Gasteiger partial charge in [0.1, 0.15) is 23.9 Å². The van der Waals surface area contributed by atoms with Gasteiger partial charge >= 0.3 is 0 Å². The lowest BCUT2D eigenvalue weighted by Gasteiger charge is -2.35. The number of hydrogen-bond donors (Lipinski definition) is 4. The van der Waals surface area contributed by atoms with Crippen LogP contribution in [0.1, 0.15) is 88.3 Å². The molecule has 1 saturated heterocycles. The van der Waals surface area contributed by atoms with Crippen molar-refractivity contribution in [2.75, 3.05) is 40.4 Å². The molecule has 58 heavy (non-hydrogen) atoms. The van der Waals surface area contributed by atoms with Crippen molar-refractivity contribution in [3.05, 3.63) is 65.7 Å². The third kappa shape index (κ3) is 12.1. The highest BCUT2D eigenvalue weighted by atomic mass is 16.5. The maximum absolute atomic E-state index is 14.6. The molecule has 15 nitrogen and oxygen atoms in total. The largest absolute Gasteiger partial charge is 0.494 e. The number of amides is 6. The van der Waals surface area contributed by atoms with Crippen molar-refractivity contribution in [1.82, 2.24) is 31.1 Å². The van der Waals surface area contributed by atoms with Crippen LogP contribution in [0.2, 0.25) is 0 Å². The third-order valence-electron chi connectivity index (χ3n) is 10.9. The van der Waals surface area contributed by atoms with E-state index in [9.17, 15) is 33.6 Å².